The third-order valence-electron chi connectivity index (χ3n) is 5.99. The number of carbonyl (C=O) groups is 1. The molecule has 0 unspecified atom stereocenters. The molecular weight excluding hydrogens is 410 g/mol. The van der Waals surface area contributed by atoms with Crippen LogP contribution in [0.3, 0.4) is 0 Å². The van der Waals surface area contributed by atoms with Gasteiger partial charge in [0.1, 0.15) is 11.6 Å². The quantitative estimate of drug-likeness (QED) is 0.547. The van der Waals surface area contributed by atoms with Crippen LogP contribution < -0.4 is 0 Å². The fourth-order valence-electron chi connectivity index (χ4n) is 4.23. The highest BCUT2D eigenvalue weighted by atomic mass is 19.1. The summed E-state index contributed by atoms with van der Waals surface area (Å²) in [5, 5.41) is 4.87. The maximum atomic E-state index is 13.5. The SMILES string of the molecule is CCC(=O)N(CC)Cc1nn(-c2ccc(F)cc2)c2c1CN(Cc1ccc(F)cc1)CC2. The lowest BCUT2D eigenvalue weighted by Crippen LogP contribution is -2.33. The van der Waals surface area contributed by atoms with Crippen molar-refractivity contribution in [2.75, 3.05) is 13.1 Å². The maximum Gasteiger partial charge on any atom is 0.222 e. The van der Waals surface area contributed by atoms with Crippen molar-refractivity contribution >= 4 is 5.91 Å². The van der Waals surface area contributed by atoms with E-state index in [4.69, 9.17) is 5.10 Å². The van der Waals surface area contributed by atoms with Gasteiger partial charge in [-0.1, -0.05) is 19.1 Å². The second kappa shape index (κ2) is 9.61. The molecule has 0 bridgehead atoms. The number of amides is 1. The molecule has 0 radical (unpaired) electrons. The zero-order valence-corrected chi connectivity index (χ0v) is 18.5. The van der Waals surface area contributed by atoms with Crippen LogP contribution >= 0.6 is 0 Å². The number of benzene rings is 2. The number of hydrogen-bond donors (Lipinski definition) is 0. The lowest BCUT2D eigenvalue weighted by molar-refractivity contribution is -0.131. The Balaban J connectivity index is 1.66. The van der Waals surface area contributed by atoms with Gasteiger partial charge in [-0.3, -0.25) is 9.69 Å². The number of fused-ring (bicyclic) bond motifs is 1. The number of halogens is 2. The summed E-state index contributed by atoms with van der Waals surface area (Å²) in [5.41, 5.74) is 4.95. The Morgan fingerprint density at radius 2 is 1.69 bits per heavy atom. The first-order chi connectivity index (χ1) is 15.5. The van der Waals surface area contributed by atoms with Gasteiger partial charge in [0.05, 0.1) is 23.6 Å². The normalized spacial score (nSPS) is 13.8. The Labute approximate surface area is 187 Å². The van der Waals surface area contributed by atoms with E-state index >= 15 is 0 Å². The van der Waals surface area contributed by atoms with Crippen LogP contribution in [-0.4, -0.2) is 38.6 Å². The van der Waals surface area contributed by atoms with Gasteiger partial charge in [0.15, 0.2) is 0 Å². The third-order valence-corrected chi connectivity index (χ3v) is 5.99. The monoisotopic (exact) mass is 438 g/mol. The summed E-state index contributed by atoms with van der Waals surface area (Å²) in [4.78, 5) is 16.5. The molecule has 168 valence electrons. The van der Waals surface area contributed by atoms with Gasteiger partial charge in [0.25, 0.3) is 0 Å². The first-order valence-corrected chi connectivity index (χ1v) is 11.1. The highest BCUT2D eigenvalue weighted by Gasteiger charge is 2.27. The molecular formula is C25H28F2N4O. The molecule has 0 aliphatic carbocycles. The second-order valence-electron chi connectivity index (χ2n) is 8.11. The zero-order valence-electron chi connectivity index (χ0n) is 18.5. The van der Waals surface area contributed by atoms with Crippen molar-refractivity contribution in [1.29, 1.82) is 0 Å². The minimum Gasteiger partial charge on any atom is -0.337 e. The van der Waals surface area contributed by atoms with Gasteiger partial charge in [-0.25, -0.2) is 13.5 Å². The van der Waals surface area contributed by atoms with Crippen LogP contribution in [0.4, 0.5) is 8.78 Å². The summed E-state index contributed by atoms with van der Waals surface area (Å²) in [6, 6.07) is 12.9. The van der Waals surface area contributed by atoms with Crippen LogP contribution in [0.2, 0.25) is 0 Å². The van der Waals surface area contributed by atoms with Gasteiger partial charge >= 0.3 is 0 Å². The highest BCUT2D eigenvalue weighted by molar-refractivity contribution is 5.75. The predicted molar refractivity (Wildman–Crippen MR) is 119 cm³/mol. The summed E-state index contributed by atoms with van der Waals surface area (Å²) >= 11 is 0. The molecule has 2 aromatic carbocycles. The van der Waals surface area contributed by atoms with Crippen LogP contribution in [0.25, 0.3) is 5.69 Å². The van der Waals surface area contributed by atoms with Crippen molar-refractivity contribution in [1.82, 2.24) is 19.6 Å². The maximum absolute atomic E-state index is 13.5. The van der Waals surface area contributed by atoms with Gasteiger partial charge in [0.2, 0.25) is 5.91 Å². The molecule has 0 saturated carbocycles. The Morgan fingerprint density at radius 3 is 2.31 bits per heavy atom. The molecule has 1 aromatic heterocycles. The lowest BCUT2D eigenvalue weighted by Gasteiger charge is -2.28. The van der Waals surface area contributed by atoms with Gasteiger partial charge in [0, 0.05) is 44.6 Å². The van der Waals surface area contributed by atoms with Crippen LogP contribution in [-0.2, 0) is 30.8 Å². The van der Waals surface area contributed by atoms with Crippen molar-refractivity contribution in [3.05, 3.63) is 82.7 Å². The molecule has 0 saturated heterocycles. The topological polar surface area (TPSA) is 41.4 Å². The predicted octanol–water partition coefficient (Wildman–Crippen LogP) is 4.47. The molecule has 7 heteroatoms. The molecule has 1 aliphatic rings. The minimum absolute atomic E-state index is 0.0940. The van der Waals surface area contributed by atoms with Gasteiger partial charge < -0.3 is 4.90 Å². The van der Waals surface area contributed by atoms with E-state index in [9.17, 15) is 13.6 Å². The van der Waals surface area contributed by atoms with Crippen LogP contribution in [0.15, 0.2) is 48.5 Å². The lowest BCUT2D eigenvalue weighted by atomic mass is 10.0. The standard InChI is InChI=1S/C25H28F2N4O/c1-3-25(32)30(4-2)17-23-22-16-29(15-18-5-7-19(26)8-6-18)14-13-24(22)31(28-23)21-11-9-20(27)10-12-21/h5-12H,3-4,13-17H2,1-2H3. The Hall–Kier alpha value is -3.06. The fraction of sp³-hybridized carbons (Fsp3) is 0.360. The number of rotatable bonds is 7. The molecule has 1 aliphatic heterocycles. The molecule has 32 heavy (non-hydrogen) atoms. The molecule has 1 amide bonds. The smallest absolute Gasteiger partial charge is 0.222 e. The number of hydrogen-bond acceptors (Lipinski definition) is 3. The largest absolute Gasteiger partial charge is 0.337 e. The first kappa shape index (κ1) is 22.1. The van der Waals surface area contributed by atoms with Crippen molar-refractivity contribution < 1.29 is 13.6 Å². The molecule has 0 N–H and O–H groups in total. The van der Waals surface area contributed by atoms with Crippen molar-refractivity contribution in [2.24, 2.45) is 0 Å². The minimum atomic E-state index is -0.286. The van der Waals surface area contributed by atoms with Crippen molar-refractivity contribution in [2.45, 2.75) is 46.3 Å². The molecule has 2 heterocycles. The van der Waals surface area contributed by atoms with E-state index in [1.807, 2.05) is 35.6 Å². The highest BCUT2D eigenvalue weighted by Crippen LogP contribution is 2.27. The van der Waals surface area contributed by atoms with E-state index in [-0.39, 0.29) is 17.5 Å². The Morgan fingerprint density at radius 1 is 1.03 bits per heavy atom. The number of carbonyl (C=O) groups excluding carboxylic acids is 1. The second-order valence-corrected chi connectivity index (χ2v) is 8.11. The van der Waals surface area contributed by atoms with Crippen LogP contribution in [0, 0.1) is 11.6 Å². The van der Waals surface area contributed by atoms with E-state index < -0.39 is 0 Å². The van der Waals surface area contributed by atoms with Crippen molar-refractivity contribution in [3.63, 3.8) is 0 Å². The summed E-state index contributed by atoms with van der Waals surface area (Å²) in [6.45, 7) is 7.14. The van der Waals surface area contributed by atoms with Crippen LogP contribution in [0.1, 0.15) is 42.8 Å². The van der Waals surface area contributed by atoms with Crippen LogP contribution in [0.5, 0.6) is 0 Å². The molecule has 5 nitrogen and oxygen atoms in total. The number of nitrogens with zero attached hydrogens (tertiary/aromatic N) is 4. The average Bonchev–Trinajstić information content (AvgIpc) is 3.16. The van der Waals surface area contributed by atoms with E-state index in [1.54, 1.807) is 12.1 Å². The van der Waals surface area contributed by atoms with Gasteiger partial charge in [-0.05, 0) is 48.9 Å². The summed E-state index contributed by atoms with van der Waals surface area (Å²) in [7, 11) is 0. The molecule has 3 aromatic rings. The summed E-state index contributed by atoms with van der Waals surface area (Å²) in [5.74, 6) is -0.430. The number of aromatic nitrogens is 2. The van der Waals surface area contributed by atoms with E-state index in [0.717, 1.165) is 41.2 Å². The summed E-state index contributed by atoms with van der Waals surface area (Å²) in [6.07, 6.45) is 1.24. The Bertz CT molecular complexity index is 1080. The Kier molecular flexibility index (Phi) is 6.65. The average molecular weight is 439 g/mol. The third kappa shape index (κ3) is 4.72. The fourth-order valence-corrected chi connectivity index (χ4v) is 4.23. The van der Waals surface area contributed by atoms with E-state index in [1.165, 1.54) is 24.3 Å². The zero-order chi connectivity index (χ0) is 22.7. The molecule has 0 spiro atoms. The molecule has 0 atom stereocenters. The molecule has 4 rings (SSSR count). The van der Waals surface area contributed by atoms with Gasteiger partial charge in [-0.15, -0.1) is 0 Å². The van der Waals surface area contributed by atoms with Crippen molar-refractivity contribution in [3.8, 4) is 5.69 Å². The van der Waals surface area contributed by atoms with E-state index in [0.29, 0.717) is 32.6 Å². The van der Waals surface area contributed by atoms with Gasteiger partial charge in [-0.2, -0.15) is 5.10 Å². The van der Waals surface area contributed by atoms with E-state index in [2.05, 4.69) is 4.90 Å². The first-order valence-electron chi connectivity index (χ1n) is 11.1. The molecule has 0 fully saturated rings. The summed E-state index contributed by atoms with van der Waals surface area (Å²) < 4.78 is 28.6.